The summed E-state index contributed by atoms with van der Waals surface area (Å²) in [6, 6.07) is 11.0. The average molecular weight is 234 g/mol. The molecule has 0 aromatic heterocycles. The summed E-state index contributed by atoms with van der Waals surface area (Å²) in [5.41, 5.74) is 0.578. The van der Waals surface area contributed by atoms with Gasteiger partial charge in [-0.25, -0.2) is 0 Å². The van der Waals surface area contributed by atoms with E-state index in [0.29, 0.717) is 5.70 Å². The van der Waals surface area contributed by atoms with Gasteiger partial charge in [-0.1, -0.05) is 41.9 Å². The van der Waals surface area contributed by atoms with E-state index in [9.17, 15) is 4.79 Å². The highest BCUT2D eigenvalue weighted by atomic mass is 35.5. The van der Waals surface area contributed by atoms with E-state index < -0.39 is 11.5 Å². The number of rotatable bonds is 1. The lowest BCUT2D eigenvalue weighted by atomic mass is 10.1. The normalized spacial score (nSPS) is 19.8. The summed E-state index contributed by atoms with van der Waals surface area (Å²) < 4.78 is 0. The van der Waals surface area contributed by atoms with Crippen LogP contribution >= 0.6 is 11.6 Å². The predicted octanol–water partition coefficient (Wildman–Crippen LogP) is 1.16. The van der Waals surface area contributed by atoms with Crippen molar-refractivity contribution >= 4 is 23.2 Å². The molecule has 2 rings (SSSR count). The minimum absolute atomic E-state index is 0.0445. The van der Waals surface area contributed by atoms with Crippen molar-refractivity contribution in [2.75, 3.05) is 0 Å². The molecule has 0 fully saturated rings. The molecular formula is C11H8ClN3O. The molecule has 0 aliphatic carbocycles. The van der Waals surface area contributed by atoms with E-state index in [0.717, 1.165) is 5.56 Å². The molecule has 80 valence electrons. The fourth-order valence-electron chi connectivity index (χ4n) is 1.47. The number of carbonyl (C=O) groups is 1. The summed E-state index contributed by atoms with van der Waals surface area (Å²) in [5, 5.41) is 14.2. The van der Waals surface area contributed by atoms with Crippen LogP contribution in [-0.4, -0.2) is 11.5 Å². The highest BCUT2D eigenvalue weighted by molar-refractivity contribution is 6.23. The minimum atomic E-state index is -0.695. The Bertz CT molecular complexity index is 490. The third kappa shape index (κ3) is 1.86. The van der Waals surface area contributed by atoms with Crippen molar-refractivity contribution in [2.24, 2.45) is 0 Å². The van der Waals surface area contributed by atoms with E-state index in [1.54, 1.807) is 0 Å². The molecule has 1 aromatic carbocycles. The highest BCUT2D eigenvalue weighted by Crippen LogP contribution is 2.19. The second kappa shape index (κ2) is 4.25. The van der Waals surface area contributed by atoms with Crippen LogP contribution in [0, 0.1) is 11.3 Å². The van der Waals surface area contributed by atoms with E-state index >= 15 is 0 Å². The van der Waals surface area contributed by atoms with Crippen molar-refractivity contribution in [1.29, 1.82) is 5.26 Å². The molecule has 0 saturated carbocycles. The molecule has 4 nitrogen and oxygen atoms in total. The Labute approximate surface area is 97.5 Å². The number of benzene rings is 1. The zero-order valence-corrected chi connectivity index (χ0v) is 8.95. The van der Waals surface area contributed by atoms with E-state index in [1.807, 2.05) is 36.4 Å². The molecule has 0 radical (unpaired) electrons. The lowest BCUT2D eigenvalue weighted by Gasteiger charge is -2.23. The first-order valence-electron chi connectivity index (χ1n) is 4.63. The van der Waals surface area contributed by atoms with Gasteiger partial charge in [-0.05, 0) is 5.56 Å². The SMILES string of the molecule is N#CC1=C(c2ccccc2)NC(Cl)NC1=O. The van der Waals surface area contributed by atoms with Crippen LogP contribution in [0.1, 0.15) is 5.56 Å². The summed E-state index contributed by atoms with van der Waals surface area (Å²) in [6.07, 6.45) is 0. The molecule has 1 aliphatic rings. The van der Waals surface area contributed by atoms with Crippen LogP contribution in [-0.2, 0) is 4.79 Å². The fraction of sp³-hybridized carbons (Fsp3) is 0.0909. The Kier molecular flexibility index (Phi) is 2.80. The quantitative estimate of drug-likeness (QED) is 0.565. The Hall–Kier alpha value is -1.99. The summed E-state index contributed by atoms with van der Waals surface area (Å²) in [4.78, 5) is 11.5. The Morgan fingerprint density at radius 2 is 1.94 bits per heavy atom. The molecule has 2 N–H and O–H groups in total. The van der Waals surface area contributed by atoms with E-state index in [2.05, 4.69) is 10.6 Å². The maximum absolute atomic E-state index is 11.5. The molecule has 0 saturated heterocycles. The van der Waals surface area contributed by atoms with Crippen LogP contribution in [0.25, 0.3) is 5.70 Å². The summed E-state index contributed by atoms with van der Waals surface area (Å²) in [7, 11) is 0. The molecule has 1 unspecified atom stereocenters. The third-order valence-electron chi connectivity index (χ3n) is 2.18. The lowest BCUT2D eigenvalue weighted by molar-refractivity contribution is -0.117. The summed E-state index contributed by atoms with van der Waals surface area (Å²) in [6.45, 7) is 0. The standard InChI is InChI=1S/C11H8ClN3O/c12-11-14-9(7-4-2-1-3-5-7)8(6-13)10(16)15-11/h1-5,11,14H,(H,15,16). The number of halogens is 1. The van der Waals surface area contributed by atoms with Gasteiger partial charge in [0.1, 0.15) is 11.6 Å². The summed E-state index contributed by atoms with van der Waals surface area (Å²) >= 11 is 5.79. The van der Waals surface area contributed by atoms with Gasteiger partial charge in [0, 0.05) is 0 Å². The van der Waals surface area contributed by atoms with Gasteiger partial charge in [-0.2, -0.15) is 5.26 Å². The molecule has 1 aromatic rings. The zero-order chi connectivity index (χ0) is 11.5. The minimum Gasteiger partial charge on any atom is -0.351 e. The van der Waals surface area contributed by atoms with E-state index in [1.165, 1.54) is 0 Å². The van der Waals surface area contributed by atoms with Gasteiger partial charge in [0.15, 0.2) is 5.62 Å². The first kappa shape index (κ1) is 10.5. The van der Waals surface area contributed by atoms with Crippen molar-refractivity contribution in [3.05, 3.63) is 41.5 Å². The highest BCUT2D eigenvalue weighted by Gasteiger charge is 2.25. The Morgan fingerprint density at radius 3 is 2.56 bits per heavy atom. The van der Waals surface area contributed by atoms with Crippen LogP contribution < -0.4 is 10.6 Å². The summed E-state index contributed by atoms with van der Waals surface area (Å²) in [5.74, 6) is -0.458. The fourth-order valence-corrected chi connectivity index (χ4v) is 1.68. The molecule has 0 spiro atoms. The second-order valence-corrected chi connectivity index (χ2v) is 3.64. The first-order chi connectivity index (χ1) is 7.72. The number of nitriles is 1. The van der Waals surface area contributed by atoms with Gasteiger partial charge >= 0.3 is 0 Å². The van der Waals surface area contributed by atoms with Crippen molar-refractivity contribution in [2.45, 2.75) is 5.62 Å². The first-order valence-corrected chi connectivity index (χ1v) is 5.07. The lowest BCUT2D eigenvalue weighted by Crippen LogP contribution is -2.46. The van der Waals surface area contributed by atoms with Crippen molar-refractivity contribution in [3.63, 3.8) is 0 Å². The van der Waals surface area contributed by atoms with Crippen LogP contribution in [0.4, 0.5) is 0 Å². The molecule has 0 bridgehead atoms. The molecular weight excluding hydrogens is 226 g/mol. The number of nitrogens with one attached hydrogen (secondary N) is 2. The van der Waals surface area contributed by atoms with Crippen molar-refractivity contribution < 1.29 is 4.79 Å². The molecule has 1 atom stereocenters. The van der Waals surface area contributed by atoms with E-state index in [4.69, 9.17) is 16.9 Å². The molecule has 16 heavy (non-hydrogen) atoms. The zero-order valence-electron chi connectivity index (χ0n) is 8.20. The van der Waals surface area contributed by atoms with Crippen LogP contribution in [0.5, 0.6) is 0 Å². The Balaban J connectivity index is 2.52. The number of carbonyl (C=O) groups excluding carboxylic acids is 1. The second-order valence-electron chi connectivity index (χ2n) is 3.21. The topological polar surface area (TPSA) is 64.9 Å². The average Bonchev–Trinajstić information content (AvgIpc) is 2.29. The Morgan fingerprint density at radius 1 is 1.25 bits per heavy atom. The molecule has 5 heteroatoms. The third-order valence-corrected chi connectivity index (χ3v) is 2.40. The molecule has 1 aliphatic heterocycles. The van der Waals surface area contributed by atoms with Gasteiger partial charge in [0.05, 0.1) is 5.70 Å². The number of alkyl halides is 1. The van der Waals surface area contributed by atoms with Gasteiger partial charge < -0.3 is 10.6 Å². The van der Waals surface area contributed by atoms with Gasteiger partial charge in [0.25, 0.3) is 5.91 Å². The van der Waals surface area contributed by atoms with E-state index in [-0.39, 0.29) is 5.57 Å². The monoisotopic (exact) mass is 233 g/mol. The van der Waals surface area contributed by atoms with Crippen molar-refractivity contribution in [1.82, 2.24) is 10.6 Å². The van der Waals surface area contributed by atoms with Gasteiger partial charge in [0.2, 0.25) is 0 Å². The number of amides is 1. The number of hydrogen-bond acceptors (Lipinski definition) is 3. The van der Waals surface area contributed by atoms with Crippen LogP contribution in [0.2, 0.25) is 0 Å². The van der Waals surface area contributed by atoms with Crippen molar-refractivity contribution in [3.8, 4) is 6.07 Å². The predicted molar refractivity (Wildman–Crippen MR) is 59.9 cm³/mol. The molecule has 1 amide bonds. The number of hydrogen-bond donors (Lipinski definition) is 2. The number of nitrogens with zero attached hydrogens (tertiary/aromatic N) is 1. The molecule has 1 heterocycles. The maximum Gasteiger partial charge on any atom is 0.266 e. The van der Waals surface area contributed by atoms with Gasteiger partial charge in [-0.15, -0.1) is 0 Å². The smallest absolute Gasteiger partial charge is 0.266 e. The largest absolute Gasteiger partial charge is 0.351 e. The van der Waals surface area contributed by atoms with Crippen LogP contribution in [0.3, 0.4) is 0 Å². The van der Waals surface area contributed by atoms with Gasteiger partial charge in [-0.3, -0.25) is 4.79 Å². The van der Waals surface area contributed by atoms with Crippen LogP contribution in [0.15, 0.2) is 35.9 Å². The maximum atomic E-state index is 11.5.